The quantitative estimate of drug-likeness (QED) is 0.316. The SMILES string of the molecule is CCOCCOCCOC1CC(O)C(Sc2ccc(C)cc2)CC1OCCOCCOCC. The molecule has 1 saturated carbocycles. The summed E-state index contributed by atoms with van der Waals surface area (Å²) in [6.45, 7) is 11.6. The van der Waals surface area contributed by atoms with Crippen LogP contribution in [0.15, 0.2) is 29.2 Å². The minimum absolute atomic E-state index is 0.0545. The number of rotatable bonds is 18. The Morgan fingerprint density at radius 2 is 1.21 bits per heavy atom. The summed E-state index contributed by atoms with van der Waals surface area (Å²) in [4.78, 5) is 1.16. The second-order valence-corrected chi connectivity index (χ2v) is 9.26. The van der Waals surface area contributed by atoms with Gasteiger partial charge in [-0.1, -0.05) is 17.7 Å². The third-order valence-corrected chi connectivity index (χ3v) is 6.72. The maximum Gasteiger partial charge on any atom is 0.0863 e. The van der Waals surface area contributed by atoms with Gasteiger partial charge in [0.15, 0.2) is 0 Å². The van der Waals surface area contributed by atoms with E-state index in [-0.39, 0.29) is 17.5 Å². The molecule has 1 N–H and O–H groups in total. The van der Waals surface area contributed by atoms with Crippen LogP contribution in [0.2, 0.25) is 0 Å². The van der Waals surface area contributed by atoms with Gasteiger partial charge in [-0.05, 0) is 39.3 Å². The standard InChI is InChI=1S/C25H42O7S/c1-4-27-10-12-29-14-16-31-23-18-22(26)25(33-21-8-6-20(3)7-9-21)19-24(23)32-17-15-30-13-11-28-5-2/h6-9,22-26H,4-5,10-19H2,1-3H3. The molecule has 0 amide bonds. The average Bonchev–Trinajstić information content (AvgIpc) is 2.81. The largest absolute Gasteiger partial charge is 0.392 e. The fraction of sp³-hybridized carbons (Fsp3) is 0.760. The van der Waals surface area contributed by atoms with Gasteiger partial charge in [-0.25, -0.2) is 0 Å². The lowest BCUT2D eigenvalue weighted by Gasteiger charge is -2.38. The second-order valence-electron chi connectivity index (χ2n) is 7.95. The van der Waals surface area contributed by atoms with E-state index in [1.54, 1.807) is 11.8 Å². The third kappa shape index (κ3) is 12.0. The molecule has 1 aliphatic carbocycles. The molecule has 190 valence electrons. The first-order valence-electron chi connectivity index (χ1n) is 12.1. The first-order chi connectivity index (χ1) is 16.1. The van der Waals surface area contributed by atoms with Crippen LogP contribution in [0.3, 0.4) is 0 Å². The smallest absolute Gasteiger partial charge is 0.0863 e. The topological polar surface area (TPSA) is 75.6 Å². The van der Waals surface area contributed by atoms with Crippen LogP contribution in [0, 0.1) is 6.92 Å². The minimum atomic E-state index is -0.456. The predicted octanol–water partition coefficient (Wildman–Crippen LogP) is 3.49. The summed E-state index contributed by atoms with van der Waals surface area (Å²) in [5.74, 6) is 0. The first-order valence-corrected chi connectivity index (χ1v) is 13.0. The van der Waals surface area contributed by atoms with Gasteiger partial charge in [0.05, 0.1) is 71.2 Å². The van der Waals surface area contributed by atoms with E-state index in [1.165, 1.54) is 5.56 Å². The Labute approximate surface area is 203 Å². The highest BCUT2D eigenvalue weighted by Crippen LogP contribution is 2.36. The number of aryl methyl sites for hydroxylation is 1. The molecule has 4 atom stereocenters. The average molecular weight is 487 g/mol. The molecular weight excluding hydrogens is 444 g/mol. The molecular formula is C25H42O7S. The summed E-state index contributed by atoms with van der Waals surface area (Å²) in [6, 6.07) is 8.42. The van der Waals surface area contributed by atoms with Crippen molar-refractivity contribution in [3.05, 3.63) is 29.8 Å². The Hall–Kier alpha value is -0.710. The first kappa shape index (κ1) is 28.5. The van der Waals surface area contributed by atoms with Gasteiger partial charge in [-0.15, -0.1) is 11.8 Å². The molecule has 33 heavy (non-hydrogen) atoms. The minimum Gasteiger partial charge on any atom is -0.392 e. The van der Waals surface area contributed by atoms with E-state index in [0.29, 0.717) is 78.9 Å². The van der Waals surface area contributed by atoms with Gasteiger partial charge in [0.2, 0.25) is 0 Å². The lowest BCUT2D eigenvalue weighted by atomic mass is 9.91. The molecule has 1 aromatic carbocycles. The molecule has 2 rings (SSSR count). The van der Waals surface area contributed by atoms with Gasteiger partial charge in [0.1, 0.15) is 0 Å². The van der Waals surface area contributed by atoms with Gasteiger partial charge < -0.3 is 33.5 Å². The van der Waals surface area contributed by atoms with Crippen molar-refractivity contribution in [2.45, 2.75) is 62.1 Å². The zero-order valence-corrected chi connectivity index (χ0v) is 21.2. The van der Waals surface area contributed by atoms with Crippen molar-refractivity contribution in [3.63, 3.8) is 0 Å². The molecule has 0 aliphatic heterocycles. The molecule has 8 heteroatoms. The molecule has 1 aliphatic rings. The van der Waals surface area contributed by atoms with Crippen molar-refractivity contribution in [2.24, 2.45) is 0 Å². The third-order valence-electron chi connectivity index (χ3n) is 5.36. The lowest BCUT2D eigenvalue weighted by molar-refractivity contribution is -0.127. The highest BCUT2D eigenvalue weighted by molar-refractivity contribution is 8.00. The summed E-state index contributed by atoms with van der Waals surface area (Å²) >= 11 is 1.71. The van der Waals surface area contributed by atoms with E-state index >= 15 is 0 Å². The van der Waals surface area contributed by atoms with Crippen molar-refractivity contribution in [3.8, 4) is 0 Å². The van der Waals surface area contributed by atoms with Gasteiger partial charge in [0.25, 0.3) is 0 Å². The Bertz CT molecular complexity index is 601. The van der Waals surface area contributed by atoms with Gasteiger partial charge in [-0.2, -0.15) is 0 Å². The van der Waals surface area contributed by atoms with Crippen LogP contribution in [-0.2, 0) is 28.4 Å². The zero-order valence-electron chi connectivity index (χ0n) is 20.4. The Morgan fingerprint density at radius 1 is 0.727 bits per heavy atom. The van der Waals surface area contributed by atoms with Crippen LogP contribution in [0.25, 0.3) is 0 Å². The van der Waals surface area contributed by atoms with Crippen LogP contribution in [0.5, 0.6) is 0 Å². The summed E-state index contributed by atoms with van der Waals surface area (Å²) in [5, 5.41) is 10.9. The molecule has 0 spiro atoms. The summed E-state index contributed by atoms with van der Waals surface area (Å²) in [5.41, 5.74) is 1.23. The number of ether oxygens (including phenoxy) is 6. The number of aliphatic hydroxyl groups excluding tert-OH is 1. The number of hydrogen-bond acceptors (Lipinski definition) is 8. The highest BCUT2D eigenvalue weighted by Gasteiger charge is 2.38. The Morgan fingerprint density at radius 3 is 1.76 bits per heavy atom. The van der Waals surface area contributed by atoms with Crippen molar-refractivity contribution >= 4 is 11.8 Å². The van der Waals surface area contributed by atoms with E-state index < -0.39 is 6.10 Å². The number of benzene rings is 1. The Kier molecular flexibility index (Phi) is 15.3. The van der Waals surface area contributed by atoms with E-state index in [4.69, 9.17) is 28.4 Å². The molecule has 0 radical (unpaired) electrons. The molecule has 0 aromatic heterocycles. The Balaban J connectivity index is 1.81. The normalized spacial score (nSPS) is 23.2. The molecule has 1 fully saturated rings. The van der Waals surface area contributed by atoms with Gasteiger partial charge >= 0.3 is 0 Å². The molecule has 1 aromatic rings. The van der Waals surface area contributed by atoms with Crippen LogP contribution < -0.4 is 0 Å². The van der Waals surface area contributed by atoms with Gasteiger partial charge in [-0.3, -0.25) is 0 Å². The predicted molar refractivity (Wildman–Crippen MR) is 130 cm³/mol. The fourth-order valence-electron chi connectivity index (χ4n) is 3.59. The van der Waals surface area contributed by atoms with E-state index in [2.05, 4.69) is 31.2 Å². The van der Waals surface area contributed by atoms with Crippen LogP contribution in [-0.4, -0.2) is 94.7 Å². The number of hydrogen-bond donors (Lipinski definition) is 1. The molecule has 0 bridgehead atoms. The van der Waals surface area contributed by atoms with Crippen molar-refractivity contribution in [1.29, 1.82) is 0 Å². The molecule has 0 saturated heterocycles. The molecule has 4 unspecified atom stereocenters. The number of aliphatic hydroxyl groups is 1. The maximum atomic E-state index is 10.8. The van der Waals surface area contributed by atoms with E-state index in [9.17, 15) is 5.11 Å². The van der Waals surface area contributed by atoms with Crippen LogP contribution >= 0.6 is 11.8 Å². The van der Waals surface area contributed by atoms with Crippen molar-refractivity contribution < 1.29 is 33.5 Å². The lowest BCUT2D eigenvalue weighted by Crippen LogP contribution is -2.46. The summed E-state index contributed by atoms with van der Waals surface area (Å²) in [7, 11) is 0. The van der Waals surface area contributed by atoms with Crippen LogP contribution in [0.4, 0.5) is 0 Å². The highest BCUT2D eigenvalue weighted by atomic mass is 32.2. The van der Waals surface area contributed by atoms with Crippen molar-refractivity contribution in [1.82, 2.24) is 0 Å². The number of thioether (sulfide) groups is 1. The van der Waals surface area contributed by atoms with E-state index in [0.717, 1.165) is 4.90 Å². The molecule has 7 nitrogen and oxygen atoms in total. The summed E-state index contributed by atoms with van der Waals surface area (Å²) < 4.78 is 33.9. The van der Waals surface area contributed by atoms with E-state index in [1.807, 2.05) is 13.8 Å². The van der Waals surface area contributed by atoms with Gasteiger partial charge in [0, 0.05) is 29.8 Å². The summed E-state index contributed by atoms with van der Waals surface area (Å²) in [6.07, 6.45) is 0.527. The molecule has 0 heterocycles. The van der Waals surface area contributed by atoms with Crippen molar-refractivity contribution in [2.75, 3.05) is 66.1 Å². The fourth-order valence-corrected chi connectivity index (χ4v) is 4.79. The second kappa shape index (κ2) is 17.7. The van der Waals surface area contributed by atoms with Crippen LogP contribution in [0.1, 0.15) is 32.3 Å². The monoisotopic (exact) mass is 486 g/mol. The zero-order chi connectivity index (χ0) is 23.7. The maximum absolute atomic E-state index is 10.8.